The van der Waals surface area contributed by atoms with Crippen molar-refractivity contribution in [3.05, 3.63) is 35.9 Å². The number of imide groups is 1. The highest BCUT2D eigenvalue weighted by Gasteiger charge is 2.33. The van der Waals surface area contributed by atoms with Crippen LogP contribution >= 0.6 is 11.8 Å². The molecule has 9 heteroatoms. The fourth-order valence-corrected chi connectivity index (χ4v) is 3.00. The Morgan fingerprint density at radius 2 is 2.00 bits per heavy atom. The van der Waals surface area contributed by atoms with Crippen LogP contribution in [0.25, 0.3) is 0 Å². The number of benzene rings is 1. The van der Waals surface area contributed by atoms with Gasteiger partial charge in [-0.2, -0.15) is 11.8 Å². The summed E-state index contributed by atoms with van der Waals surface area (Å²) >= 11 is 1.53. The molecule has 1 heterocycles. The molecular weight excluding hydrogens is 370 g/mol. The molecule has 8 nitrogen and oxygen atoms in total. The normalized spacial score (nSPS) is 15.6. The van der Waals surface area contributed by atoms with E-state index in [0.29, 0.717) is 24.3 Å². The second-order valence-electron chi connectivity index (χ2n) is 5.97. The Morgan fingerprint density at radius 1 is 1.30 bits per heavy atom. The zero-order valence-corrected chi connectivity index (χ0v) is 16.1. The molecule has 1 fully saturated rings. The lowest BCUT2D eigenvalue weighted by Crippen LogP contribution is -2.46. The lowest BCUT2D eigenvalue weighted by molar-refractivity contribution is -0.159. The number of hydrogen-bond acceptors (Lipinski definition) is 6. The third-order valence-corrected chi connectivity index (χ3v) is 4.64. The highest BCUT2D eigenvalue weighted by molar-refractivity contribution is 7.98. The number of carbonyl (C=O) groups excluding carboxylic acids is 4. The molecule has 1 aromatic carbocycles. The Bertz CT molecular complexity index is 697. The van der Waals surface area contributed by atoms with Crippen molar-refractivity contribution in [1.29, 1.82) is 0 Å². The summed E-state index contributed by atoms with van der Waals surface area (Å²) in [4.78, 5) is 49.7. The monoisotopic (exact) mass is 393 g/mol. The molecular formula is C18H23N3O5S. The van der Waals surface area contributed by atoms with Crippen molar-refractivity contribution >= 4 is 35.6 Å². The Kier molecular flexibility index (Phi) is 7.66. The average Bonchev–Trinajstić information content (AvgIpc) is 3.10. The van der Waals surface area contributed by atoms with E-state index >= 15 is 0 Å². The van der Waals surface area contributed by atoms with Gasteiger partial charge in [0, 0.05) is 18.7 Å². The van der Waals surface area contributed by atoms with Gasteiger partial charge in [0.05, 0.1) is 0 Å². The first-order chi connectivity index (χ1) is 12.9. The molecule has 27 heavy (non-hydrogen) atoms. The van der Waals surface area contributed by atoms with E-state index in [4.69, 9.17) is 4.74 Å². The number of nitrogens with zero attached hydrogens (tertiary/aromatic N) is 1. The molecule has 4 amide bonds. The van der Waals surface area contributed by atoms with Gasteiger partial charge in [0.2, 0.25) is 0 Å². The van der Waals surface area contributed by atoms with Crippen molar-refractivity contribution in [3.63, 3.8) is 0 Å². The van der Waals surface area contributed by atoms with Crippen molar-refractivity contribution in [3.8, 4) is 0 Å². The van der Waals surface area contributed by atoms with Crippen LogP contribution in [0.5, 0.6) is 0 Å². The molecule has 0 aromatic heterocycles. The average molecular weight is 393 g/mol. The molecule has 2 N–H and O–H groups in total. The fourth-order valence-electron chi connectivity index (χ4n) is 2.52. The molecule has 146 valence electrons. The third-order valence-electron chi connectivity index (χ3n) is 4.00. The lowest BCUT2D eigenvalue weighted by Gasteiger charge is -2.22. The van der Waals surface area contributed by atoms with Gasteiger partial charge in [-0.1, -0.05) is 18.2 Å². The van der Waals surface area contributed by atoms with Gasteiger partial charge < -0.3 is 15.4 Å². The first-order valence-electron chi connectivity index (χ1n) is 8.58. The van der Waals surface area contributed by atoms with Crippen LogP contribution in [0.3, 0.4) is 0 Å². The predicted octanol–water partition coefficient (Wildman–Crippen LogP) is 1.02. The van der Waals surface area contributed by atoms with E-state index in [1.807, 2.05) is 6.26 Å². The summed E-state index contributed by atoms with van der Waals surface area (Å²) in [6.45, 7) is 2.02. The quantitative estimate of drug-likeness (QED) is 0.639. The molecule has 0 unspecified atom stereocenters. The third kappa shape index (κ3) is 5.72. The van der Waals surface area contributed by atoms with Crippen molar-refractivity contribution in [1.82, 2.24) is 15.5 Å². The predicted molar refractivity (Wildman–Crippen MR) is 101 cm³/mol. The van der Waals surface area contributed by atoms with Crippen molar-refractivity contribution in [2.75, 3.05) is 25.1 Å². The molecule has 2 atom stereocenters. The Balaban J connectivity index is 1.99. The Hall–Kier alpha value is -2.55. The first-order valence-corrected chi connectivity index (χ1v) is 9.98. The molecule has 0 bridgehead atoms. The number of esters is 1. The first kappa shape index (κ1) is 20.8. The molecule has 0 saturated carbocycles. The molecule has 1 aliphatic heterocycles. The maximum Gasteiger partial charge on any atom is 0.329 e. The molecule has 1 aromatic rings. The van der Waals surface area contributed by atoms with Crippen LogP contribution in [0.4, 0.5) is 4.79 Å². The molecule has 0 spiro atoms. The molecule has 0 aliphatic carbocycles. The van der Waals surface area contributed by atoms with Gasteiger partial charge in [-0.15, -0.1) is 0 Å². The van der Waals surface area contributed by atoms with Gasteiger partial charge in [0.1, 0.15) is 6.04 Å². The molecule has 0 radical (unpaired) electrons. The lowest BCUT2D eigenvalue weighted by atomic mass is 10.1. The summed E-state index contributed by atoms with van der Waals surface area (Å²) < 4.78 is 5.23. The van der Waals surface area contributed by atoms with E-state index in [1.165, 1.54) is 18.7 Å². The summed E-state index contributed by atoms with van der Waals surface area (Å²) in [5, 5.41) is 5.18. The van der Waals surface area contributed by atoms with Crippen LogP contribution in [-0.2, 0) is 14.3 Å². The smallest absolute Gasteiger partial charge is 0.329 e. The summed E-state index contributed by atoms with van der Waals surface area (Å²) in [6.07, 6.45) is 1.13. The largest absolute Gasteiger partial charge is 0.451 e. The van der Waals surface area contributed by atoms with E-state index < -0.39 is 36.0 Å². The highest BCUT2D eigenvalue weighted by atomic mass is 32.2. The van der Waals surface area contributed by atoms with E-state index in [0.717, 1.165) is 4.90 Å². The van der Waals surface area contributed by atoms with Crippen LogP contribution in [0.15, 0.2) is 30.3 Å². The SMILES string of the molecule is CSCC[C@H](NC(=O)c1ccccc1)C(=O)O[C@@H](C)C(=O)N1CCNC1=O. The van der Waals surface area contributed by atoms with Gasteiger partial charge in [-0.25, -0.2) is 9.59 Å². The minimum absolute atomic E-state index is 0.236. The topological polar surface area (TPSA) is 105 Å². The maximum atomic E-state index is 12.5. The number of ether oxygens (including phenoxy) is 1. The highest BCUT2D eigenvalue weighted by Crippen LogP contribution is 2.09. The van der Waals surface area contributed by atoms with Crippen molar-refractivity contribution < 1.29 is 23.9 Å². The van der Waals surface area contributed by atoms with Crippen LogP contribution in [0, 0.1) is 0 Å². The second-order valence-corrected chi connectivity index (χ2v) is 6.96. The minimum atomic E-state index is -1.12. The van der Waals surface area contributed by atoms with Crippen molar-refractivity contribution in [2.24, 2.45) is 0 Å². The zero-order chi connectivity index (χ0) is 19.8. The van der Waals surface area contributed by atoms with E-state index in [1.54, 1.807) is 30.3 Å². The number of hydrogen-bond donors (Lipinski definition) is 2. The molecule has 1 aliphatic rings. The second kappa shape index (κ2) is 9.96. The number of amides is 4. The summed E-state index contributed by atoms with van der Waals surface area (Å²) in [6, 6.07) is 7.15. The number of urea groups is 1. The fraction of sp³-hybridized carbons (Fsp3) is 0.444. The summed E-state index contributed by atoms with van der Waals surface area (Å²) in [5.41, 5.74) is 0.428. The molecule has 1 saturated heterocycles. The van der Waals surface area contributed by atoms with Gasteiger partial charge in [0.25, 0.3) is 11.8 Å². The minimum Gasteiger partial charge on any atom is -0.451 e. The number of nitrogens with one attached hydrogen (secondary N) is 2. The Morgan fingerprint density at radius 3 is 2.59 bits per heavy atom. The standard InChI is InChI=1S/C18H23N3O5S/c1-12(16(23)21-10-9-19-18(21)25)26-17(24)14(8-11-27-2)20-15(22)13-6-4-3-5-7-13/h3-7,12,14H,8-11H2,1-2H3,(H,19,25)(H,20,22)/t12-,14-/m0/s1. The van der Waals surface area contributed by atoms with Gasteiger partial charge >= 0.3 is 12.0 Å². The van der Waals surface area contributed by atoms with Gasteiger partial charge in [-0.3, -0.25) is 14.5 Å². The van der Waals surface area contributed by atoms with Crippen molar-refractivity contribution in [2.45, 2.75) is 25.5 Å². The van der Waals surface area contributed by atoms with Crippen LogP contribution in [0.2, 0.25) is 0 Å². The summed E-state index contributed by atoms with van der Waals surface area (Å²) in [5.74, 6) is -1.05. The van der Waals surface area contributed by atoms with Crippen LogP contribution in [-0.4, -0.2) is 66.0 Å². The number of thioether (sulfide) groups is 1. The van der Waals surface area contributed by atoms with Crippen LogP contribution < -0.4 is 10.6 Å². The van der Waals surface area contributed by atoms with Crippen LogP contribution in [0.1, 0.15) is 23.7 Å². The van der Waals surface area contributed by atoms with E-state index in [9.17, 15) is 19.2 Å². The van der Waals surface area contributed by atoms with E-state index in [-0.39, 0.29) is 6.54 Å². The number of rotatable bonds is 8. The molecule has 2 rings (SSSR count). The zero-order valence-electron chi connectivity index (χ0n) is 15.3. The van der Waals surface area contributed by atoms with Gasteiger partial charge in [-0.05, 0) is 37.5 Å². The Labute approximate surface area is 162 Å². The maximum absolute atomic E-state index is 12.5. The summed E-state index contributed by atoms with van der Waals surface area (Å²) in [7, 11) is 0. The number of carbonyl (C=O) groups is 4. The van der Waals surface area contributed by atoms with E-state index in [2.05, 4.69) is 10.6 Å². The van der Waals surface area contributed by atoms with Gasteiger partial charge in [0.15, 0.2) is 6.10 Å².